The van der Waals surface area contributed by atoms with Crippen LogP contribution in [0.1, 0.15) is 11.3 Å². The Morgan fingerprint density at radius 1 is 1.18 bits per heavy atom. The van der Waals surface area contributed by atoms with Gasteiger partial charge in [-0.3, -0.25) is 4.98 Å². The van der Waals surface area contributed by atoms with Gasteiger partial charge in [-0.05, 0) is 36.4 Å². The van der Waals surface area contributed by atoms with Crippen molar-refractivity contribution in [3.8, 4) is 0 Å². The van der Waals surface area contributed by atoms with Crippen molar-refractivity contribution in [1.82, 2.24) is 4.98 Å². The summed E-state index contributed by atoms with van der Waals surface area (Å²) in [6, 6.07) is 10.8. The van der Waals surface area contributed by atoms with Crippen molar-refractivity contribution < 1.29 is 0 Å². The van der Waals surface area contributed by atoms with Gasteiger partial charge >= 0.3 is 0 Å². The second kappa shape index (κ2) is 5.21. The lowest BCUT2D eigenvalue weighted by molar-refractivity contribution is 1.29. The Hall–Kier alpha value is -1.51. The van der Waals surface area contributed by atoms with Crippen LogP contribution in [0.4, 0.5) is 0 Å². The third-order valence-electron chi connectivity index (χ3n) is 2.23. The van der Waals surface area contributed by atoms with Gasteiger partial charge in [-0.1, -0.05) is 29.3 Å². The molecule has 0 atom stereocenters. The molecule has 0 aliphatic rings. The number of nitrogens with zero attached hydrogens (tertiary/aromatic N) is 1. The van der Waals surface area contributed by atoms with Gasteiger partial charge in [0, 0.05) is 27.5 Å². The first-order chi connectivity index (χ1) is 8.16. The van der Waals surface area contributed by atoms with Gasteiger partial charge in [0.05, 0.1) is 5.69 Å². The molecule has 1 aromatic carbocycles. The van der Waals surface area contributed by atoms with Crippen molar-refractivity contribution in [3.05, 3.63) is 63.9 Å². The summed E-state index contributed by atoms with van der Waals surface area (Å²) in [5, 5.41) is 1.17. The van der Waals surface area contributed by atoms with Gasteiger partial charge < -0.3 is 5.73 Å². The molecule has 2 nitrogen and oxygen atoms in total. The first kappa shape index (κ1) is 12.0. The molecular weight excluding hydrogens is 255 g/mol. The number of pyridine rings is 1. The van der Waals surface area contributed by atoms with E-state index in [0.29, 0.717) is 21.3 Å². The summed E-state index contributed by atoms with van der Waals surface area (Å²) in [4.78, 5) is 4.16. The molecule has 0 amide bonds. The van der Waals surface area contributed by atoms with E-state index in [4.69, 9.17) is 28.9 Å². The summed E-state index contributed by atoms with van der Waals surface area (Å²) in [6.07, 6.45) is 3.47. The van der Waals surface area contributed by atoms with Crippen LogP contribution in [-0.4, -0.2) is 4.98 Å². The Labute approximate surface area is 110 Å². The average molecular weight is 265 g/mol. The van der Waals surface area contributed by atoms with Crippen LogP contribution in [0.3, 0.4) is 0 Å². The molecule has 0 fully saturated rings. The first-order valence-electron chi connectivity index (χ1n) is 5.00. The number of hydrogen-bond donors (Lipinski definition) is 1. The van der Waals surface area contributed by atoms with E-state index in [0.717, 1.165) is 5.69 Å². The van der Waals surface area contributed by atoms with E-state index >= 15 is 0 Å². The highest BCUT2D eigenvalue weighted by Gasteiger charge is 2.04. The van der Waals surface area contributed by atoms with E-state index in [9.17, 15) is 0 Å². The molecular formula is C13H10Cl2N2. The zero-order valence-electron chi connectivity index (χ0n) is 8.90. The lowest BCUT2D eigenvalue weighted by Crippen LogP contribution is -1.97. The Morgan fingerprint density at radius 3 is 2.71 bits per heavy atom. The predicted octanol–water partition coefficient (Wildman–Crippen LogP) is 3.85. The standard InChI is InChI=1S/C13H10Cl2N2/c14-9-4-5-12(15)11(7-9)13(16)8-10-3-1-2-6-17-10/h1-8H,16H2/b13-8+. The van der Waals surface area contributed by atoms with Gasteiger partial charge in [-0.2, -0.15) is 0 Å². The normalized spacial score (nSPS) is 11.5. The highest BCUT2D eigenvalue weighted by atomic mass is 35.5. The summed E-state index contributed by atoms with van der Waals surface area (Å²) >= 11 is 12.0. The number of benzene rings is 1. The van der Waals surface area contributed by atoms with E-state index in [2.05, 4.69) is 4.98 Å². The zero-order valence-corrected chi connectivity index (χ0v) is 10.4. The van der Waals surface area contributed by atoms with Crippen LogP contribution in [0.5, 0.6) is 0 Å². The average Bonchev–Trinajstić information content (AvgIpc) is 2.33. The fourth-order valence-electron chi connectivity index (χ4n) is 1.42. The van der Waals surface area contributed by atoms with Crippen LogP contribution in [0, 0.1) is 0 Å². The van der Waals surface area contributed by atoms with Gasteiger partial charge in [0.15, 0.2) is 0 Å². The number of hydrogen-bond acceptors (Lipinski definition) is 2. The lowest BCUT2D eigenvalue weighted by Gasteiger charge is -2.05. The molecule has 0 spiro atoms. The van der Waals surface area contributed by atoms with Gasteiger partial charge in [-0.25, -0.2) is 0 Å². The van der Waals surface area contributed by atoms with Crippen LogP contribution in [0.15, 0.2) is 42.6 Å². The van der Waals surface area contributed by atoms with Gasteiger partial charge in [0.25, 0.3) is 0 Å². The second-order valence-corrected chi connectivity index (χ2v) is 4.32. The summed E-state index contributed by atoms with van der Waals surface area (Å²) in [7, 11) is 0. The van der Waals surface area contributed by atoms with Crippen LogP contribution in [-0.2, 0) is 0 Å². The fourth-order valence-corrected chi connectivity index (χ4v) is 1.82. The maximum atomic E-state index is 6.06. The summed E-state index contributed by atoms with van der Waals surface area (Å²) < 4.78 is 0. The first-order valence-corrected chi connectivity index (χ1v) is 5.76. The summed E-state index contributed by atoms with van der Waals surface area (Å²) in [6.45, 7) is 0. The molecule has 2 rings (SSSR count). The van der Waals surface area contributed by atoms with Crippen molar-refractivity contribution in [1.29, 1.82) is 0 Å². The predicted molar refractivity (Wildman–Crippen MR) is 72.8 cm³/mol. The highest BCUT2D eigenvalue weighted by Crippen LogP contribution is 2.25. The monoisotopic (exact) mass is 264 g/mol. The van der Waals surface area contributed by atoms with E-state index < -0.39 is 0 Å². The van der Waals surface area contributed by atoms with Crippen LogP contribution >= 0.6 is 23.2 Å². The zero-order chi connectivity index (χ0) is 12.3. The molecule has 0 saturated heterocycles. The molecule has 4 heteroatoms. The maximum absolute atomic E-state index is 6.06. The third kappa shape index (κ3) is 2.99. The summed E-state index contributed by atoms with van der Waals surface area (Å²) in [5.74, 6) is 0. The molecule has 2 aromatic rings. The van der Waals surface area contributed by atoms with Crippen molar-refractivity contribution in [2.75, 3.05) is 0 Å². The minimum absolute atomic E-state index is 0.538. The topological polar surface area (TPSA) is 38.9 Å². The number of halogens is 2. The molecule has 0 aliphatic carbocycles. The molecule has 0 radical (unpaired) electrons. The molecule has 0 unspecified atom stereocenters. The minimum atomic E-state index is 0.538. The Bertz CT molecular complexity index is 551. The molecule has 2 N–H and O–H groups in total. The molecule has 1 heterocycles. The maximum Gasteiger partial charge on any atom is 0.0650 e. The Morgan fingerprint density at radius 2 is 2.00 bits per heavy atom. The van der Waals surface area contributed by atoms with Crippen LogP contribution in [0.2, 0.25) is 10.0 Å². The lowest BCUT2D eigenvalue weighted by atomic mass is 10.1. The molecule has 17 heavy (non-hydrogen) atoms. The second-order valence-electron chi connectivity index (χ2n) is 3.48. The fraction of sp³-hybridized carbons (Fsp3) is 0. The number of nitrogens with two attached hydrogens (primary N) is 1. The van der Waals surface area contributed by atoms with Gasteiger partial charge in [0.1, 0.15) is 0 Å². The van der Waals surface area contributed by atoms with Crippen LogP contribution in [0.25, 0.3) is 11.8 Å². The molecule has 0 aliphatic heterocycles. The van der Waals surface area contributed by atoms with Crippen LogP contribution < -0.4 is 5.73 Å². The number of aromatic nitrogens is 1. The Balaban J connectivity index is 2.40. The smallest absolute Gasteiger partial charge is 0.0650 e. The molecule has 0 saturated carbocycles. The molecule has 86 valence electrons. The van der Waals surface area contributed by atoms with Crippen molar-refractivity contribution >= 4 is 35.0 Å². The highest BCUT2D eigenvalue weighted by molar-refractivity contribution is 6.34. The van der Waals surface area contributed by atoms with Gasteiger partial charge in [-0.15, -0.1) is 0 Å². The SMILES string of the molecule is N/C(=C/c1ccccn1)c1cc(Cl)ccc1Cl. The van der Waals surface area contributed by atoms with Gasteiger partial charge in [0.2, 0.25) is 0 Å². The molecule has 1 aromatic heterocycles. The van der Waals surface area contributed by atoms with E-state index in [-0.39, 0.29) is 0 Å². The number of rotatable bonds is 2. The van der Waals surface area contributed by atoms with E-state index in [1.54, 1.807) is 30.5 Å². The quantitative estimate of drug-likeness (QED) is 0.895. The van der Waals surface area contributed by atoms with Crippen molar-refractivity contribution in [3.63, 3.8) is 0 Å². The minimum Gasteiger partial charge on any atom is -0.398 e. The molecule has 0 bridgehead atoms. The van der Waals surface area contributed by atoms with E-state index in [1.165, 1.54) is 0 Å². The third-order valence-corrected chi connectivity index (χ3v) is 2.80. The summed E-state index contributed by atoms with van der Waals surface area (Å²) in [5.41, 5.74) is 8.00. The van der Waals surface area contributed by atoms with Crippen molar-refractivity contribution in [2.24, 2.45) is 5.73 Å². The Kier molecular flexibility index (Phi) is 3.67. The van der Waals surface area contributed by atoms with Crippen molar-refractivity contribution in [2.45, 2.75) is 0 Å². The largest absolute Gasteiger partial charge is 0.398 e. The van der Waals surface area contributed by atoms with E-state index in [1.807, 2.05) is 18.2 Å².